The van der Waals surface area contributed by atoms with Crippen molar-refractivity contribution in [1.29, 1.82) is 0 Å². The molecule has 28 heavy (non-hydrogen) atoms. The Kier molecular flexibility index (Phi) is 31.3. The molecule has 0 amide bonds. The average Bonchev–Trinajstić information content (AvgIpc) is 2.63. The van der Waals surface area contributed by atoms with Gasteiger partial charge in [-0.25, -0.2) is 9.79 Å². The second-order valence-electron chi connectivity index (χ2n) is 5.67. The Morgan fingerprint density at radius 1 is 0.893 bits per heavy atom. The van der Waals surface area contributed by atoms with Crippen molar-refractivity contribution >= 4 is 47.5 Å². The second kappa shape index (κ2) is 27.9. The van der Waals surface area contributed by atoms with E-state index in [-0.39, 0.29) is 11.5 Å². The van der Waals surface area contributed by atoms with Crippen LogP contribution in [0, 0.1) is 0 Å². The Balaban J connectivity index is -0.000000381. The number of unbranched alkanes of at least 4 members (excludes halogenated alkanes) is 4. The van der Waals surface area contributed by atoms with Gasteiger partial charge in [0.25, 0.3) is 0 Å². The summed E-state index contributed by atoms with van der Waals surface area (Å²) in [6, 6.07) is 0. The fourth-order valence-corrected chi connectivity index (χ4v) is 2.79. The second-order valence-corrected chi connectivity index (χ2v) is 7.27. The van der Waals surface area contributed by atoms with E-state index in [1.165, 1.54) is 17.8 Å². The molecule has 0 aromatic heterocycles. The molecule has 0 radical (unpaired) electrons. The van der Waals surface area contributed by atoms with Crippen LogP contribution in [0.3, 0.4) is 0 Å². The van der Waals surface area contributed by atoms with Crippen LogP contribution in [0.1, 0.15) is 78.1 Å². The SMILES string of the molecule is CCCC(=O)SCCCCCC(=O)O.CCN=C=O.O=C(O)CCCCCS. The van der Waals surface area contributed by atoms with E-state index in [1.807, 2.05) is 6.92 Å². The lowest BCUT2D eigenvalue weighted by atomic mass is 10.2. The number of carbonyl (C=O) groups excluding carboxylic acids is 2. The number of isocyanates is 1. The van der Waals surface area contributed by atoms with Crippen molar-refractivity contribution in [2.75, 3.05) is 18.1 Å². The molecule has 0 saturated carbocycles. The summed E-state index contributed by atoms with van der Waals surface area (Å²) in [6.07, 6.45) is 8.85. The van der Waals surface area contributed by atoms with Crippen molar-refractivity contribution in [3.05, 3.63) is 0 Å². The van der Waals surface area contributed by atoms with E-state index in [4.69, 9.17) is 15.0 Å². The summed E-state index contributed by atoms with van der Waals surface area (Å²) in [5, 5.41) is 16.8. The van der Waals surface area contributed by atoms with Crippen LogP contribution in [0.4, 0.5) is 0 Å². The minimum atomic E-state index is -0.736. The van der Waals surface area contributed by atoms with Gasteiger partial charge < -0.3 is 10.2 Å². The highest BCUT2D eigenvalue weighted by molar-refractivity contribution is 8.13. The predicted octanol–water partition coefficient (Wildman–Crippen LogP) is 4.59. The van der Waals surface area contributed by atoms with Crippen molar-refractivity contribution in [1.82, 2.24) is 0 Å². The van der Waals surface area contributed by atoms with Gasteiger partial charge in [0.2, 0.25) is 6.08 Å². The summed E-state index contributed by atoms with van der Waals surface area (Å²) >= 11 is 5.37. The minimum Gasteiger partial charge on any atom is -0.481 e. The lowest BCUT2D eigenvalue weighted by Gasteiger charge is -1.99. The van der Waals surface area contributed by atoms with Crippen LogP contribution in [-0.4, -0.2) is 51.4 Å². The molecule has 164 valence electrons. The zero-order valence-electron chi connectivity index (χ0n) is 17.0. The third-order valence-corrected chi connectivity index (χ3v) is 4.36. The number of carboxylic acids is 2. The predicted molar refractivity (Wildman–Crippen MR) is 117 cm³/mol. The normalized spacial score (nSPS) is 9.11. The molecular weight excluding hydrogens is 402 g/mol. The first-order valence-electron chi connectivity index (χ1n) is 9.59. The highest BCUT2D eigenvalue weighted by Crippen LogP contribution is 2.11. The van der Waals surface area contributed by atoms with Crippen molar-refractivity contribution in [2.45, 2.75) is 78.1 Å². The molecule has 0 heterocycles. The van der Waals surface area contributed by atoms with Crippen molar-refractivity contribution in [3.63, 3.8) is 0 Å². The Bertz CT molecular complexity index is 440. The average molecular weight is 438 g/mol. The molecule has 0 atom stereocenters. The highest BCUT2D eigenvalue weighted by Gasteiger charge is 2.01. The lowest BCUT2D eigenvalue weighted by Crippen LogP contribution is -1.95. The number of thiol groups is 1. The molecule has 0 rings (SSSR count). The maximum atomic E-state index is 11.1. The maximum absolute atomic E-state index is 11.1. The summed E-state index contributed by atoms with van der Waals surface area (Å²) in [6.45, 7) is 4.32. The Morgan fingerprint density at radius 3 is 1.79 bits per heavy atom. The molecule has 0 spiro atoms. The summed E-state index contributed by atoms with van der Waals surface area (Å²) < 4.78 is 0. The number of aliphatic imine (C=N–C) groups is 1. The molecule has 2 N–H and O–H groups in total. The van der Waals surface area contributed by atoms with Gasteiger partial charge in [-0.2, -0.15) is 12.6 Å². The largest absolute Gasteiger partial charge is 0.481 e. The maximum Gasteiger partial charge on any atom is 0.303 e. The summed E-state index contributed by atoms with van der Waals surface area (Å²) in [5.74, 6) is 0.256. The first-order chi connectivity index (χ1) is 13.3. The topological polar surface area (TPSA) is 121 Å². The van der Waals surface area contributed by atoms with E-state index in [2.05, 4.69) is 17.6 Å². The van der Waals surface area contributed by atoms with E-state index in [9.17, 15) is 14.4 Å². The number of hydrogen-bond donors (Lipinski definition) is 3. The van der Waals surface area contributed by atoms with Crippen LogP contribution < -0.4 is 0 Å². The molecule has 0 aromatic carbocycles. The first-order valence-corrected chi connectivity index (χ1v) is 11.2. The van der Waals surface area contributed by atoms with Gasteiger partial charge in [-0.1, -0.05) is 31.5 Å². The first kappa shape index (κ1) is 31.4. The van der Waals surface area contributed by atoms with E-state index in [1.54, 1.807) is 6.92 Å². The smallest absolute Gasteiger partial charge is 0.303 e. The quantitative estimate of drug-likeness (QED) is 0.157. The van der Waals surface area contributed by atoms with Crippen LogP contribution in [0.15, 0.2) is 4.99 Å². The number of carboxylic acid groups (broad SMARTS) is 2. The van der Waals surface area contributed by atoms with E-state index < -0.39 is 11.9 Å². The Morgan fingerprint density at radius 2 is 1.43 bits per heavy atom. The fourth-order valence-electron chi connectivity index (χ4n) is 1.65. The number of carbonyl (C=O) groups is 3. The van der Waals surface area contributed by atoms with Crippen molar-refractivity contribution < 1.29 is 29.4 Å². The zero-order valence-corrected chi connectivity index (χ0v) is 18.7. The van der Waals surface area contributed by atoms with Gasteiger partial charge in [-0.05, 0) is 44.8 Å². The number of hydrogen-bond acceptors (Lipinski definition) is 7. The molecule has 0 aromatic rings. The highest BCUT2D eigenvalue weighted by atomic mass is 32.2. The van der Waals surface area contributed by atoms with E-state index >= 15 is 0 Å². The standard InChI is InChI=1S/C10H18O3S.C6H12O2S.C3H5NO/c1-2-6-10(13)14-8-5-3-4-7-9(11)12;7-6(8)4-2-1-3-5-9;1-2-4-3-5/h2-8H2,1H3,(H,11,12);9H,1-5H2,(H,7,8);2H2,1H3. The molecule has 0 aliphatic carbocycles. The molecule has 0 bridgehead atoms. The molecule has 9 heteroatoms. The van der Waals surface area contributed by atoms with Gasteiger partial charge >= 0.3 is 11.9 Å². The third-order valence-electron chi connectivity index (χ3n) is 3.02. The van der Waals surface area contributed by atoms with Crippen LogP contribution in [0.25, 0.3) is 0 Å². The van der Waals surface area contributed by atoms with Gasteiger partial charge in [0.1, 0.15) is 0 Å². The summed E-state index contributed by atoms with van der Waals surface area (Å²) in [5.41, 5.74) is 0. The van der Waals surface area contributed by atoms with E-state index in [0.29, 0.717) is 19.4 Å². The zero-order chi connectivity index (χ0) is 22.0. The summed E-state index contributed by atoms with van der Waals surface area (Å²) in [7, 11) is 0. The van der Waals surface area contributed by atoms with Crippen LogP contribution >= 0.6 is 24.4 Å². The number of nitrogens with zero attached hydrogens (tertiary/aromatic N) is 1. The molecule has 0 unspecified atom stereocenters. The fraction of sp³-hybridized carbons (Fsp3) is 0.789. The van der Waals surface area contributed by atoms with Crippen LogP contribution in [0.2, 0.25) is 0 Å². The van der Waals surface area contributed by atoms with Gasteiger partial charge in [0.05, 0.1) is 0 Å². The van der Waals surface area contributed by atoms with Crippen LogP contribution in [-0.2, 0) is 19.2 Å². The van der Waals surface area contributed by atoms with E-state index in [0.717, 1.165) is 56.5 Å². The molecule has 0 fully saturated rings. The van der Waals surface area contributed by atoms with Gasteiger partial charge in [-0.3, -0.25) is 14.4 Å². The van der Waals surface area contributed by atoms with Crippen LogP contribution in [0.5, 0.6) is 0 Å². The molecule has 0 aliphatic heterocycles. The van der Waals surface area contributed by atoms with Gasteiger partial charge in [0, 0.05) is 31.6 Å². The Labute approximate surface area is 178 Å². The number of aliphatic carboxylic acids is 2. The molecule has 7 nitrogen and oxygen atoms in total. The molecular formula is C19H35NO6S2. The number of rotatable bonds is 14. The monoisotopic (exact) mass is 437 g/mol. The van der Waals surface area contributed by atoms with Crippen molar-refractivity contribution in [2.24, 2.45) is 4.99 Å². The van der Waals surface area contributed by atoms with Crippen molar-refractivity contribution in [3.8, 4) is 0 Å². The van der Waals surface area contributed by atoms with Gasteiger partial charge in [0.15, 0.2) is 5.12 Å². The minimum absolute atomic E-state index is 0.244. The molecule has 0 aliphatic rings. The third kappa shape index (κ3) is 39.7. The summed E-state index contributed by atoms with van der Waals surface area (Å²) in [4.78, 5) is 43.4. The number of thioether (sulfide) groups is 1. The molecule has 0 saturated heterocycles. The van der Waals surface area contributed by atoms with Gasteiger partial charge in [-0.15, -0.1) is 0 Å². The lowest BCUT2D eigenvalue weighted by molar-refractivity contribution is -0.138. The Hall–Kier alpha value is -1.31.